The van der Waals surface area contributed by atoms with E-state index in [1.54, 1.807) is 0 Å². The van der Waals surface area contributed by atoms with Gasteiger partial charge in [0.1, 0.15) is 17.8 Å². The van der Waals surface area contributed by atoms with E-state index in [9.17, 15) is 0 Å². The molecule has 2 aromatic heterocycles. The molecule has 0 saturated carbocycles. The first-order valence-electron chi connectivity index (χ1n) is 7.50. The zero-order valence-corrected chi connectivity index (χ0v) is 14.1. The standard InChI is InChI=1S/C15H21ClN6/c1-9(2)14-20-10-7-22(6-5-11(10)21(14)4)15-12(17-3)13(16)18-8-19-15/h8-9,17H,5-7H2,1-4H3. The molecule has 1 N–H and O–H groups in total. The summed E-state index contributed by atoms with van der Waals surface area (Å²) in [5.74, 6) is 2.40. The molecule has 3 heterocycles. The molecular formula is C15H21ClN6. The Morgan fingerprint density at radius 1 is 1.32 bits per heavy atom. The Labute approximate surface area is 135 Å². The summed E-state index contributed by atoms with van der Waals surface area (Å²) >= 11 is 6.16. The van der Waals surface area contributed by atoms with Gasteiger partial charge in [-0.25, -0.2) is 15.0 Å². The van der Waals surface area contributed by atoms with Crippen LogP contribution in [0.25, 0.3) is 0 Å². The van der Waals surface area contributed by atoms with Gasteiger partial charge in [0.25, 0.3) is 0 Å². The van der Waals surface area contributed by atoms with Gasteiger partial charge in [-0.1, -0.05) is 25.4 Å². The van der Waals surface area contributed by atoms with Crippen LogP contribution in [-0.4, -0.2) is 33.1 Å². The number of hydrogen-bond donors (Lipinski definition) is 1. The van der Waals surface area contributed by atoms with E-state index in [4.69, 9.17) is 16.6 Å². The van der Waals surface area contributed by atoms with Crippen molar-refractivity contribution in [1.29, 1.82) is 0 Å². The minimum atomic E-state index is 0.422. The van der Waals surface area contributed by atoms with Crippen LogP contribution in [0.5, 0.6) is 0 Å². The summed E-state index contributed by atoms with van der Waals surface area (Å²) in [7, 11) is 3.94. The van der Waals surface area contributed by atoms with E-state index in [2.05, 4.69) is 45.6 Å². The molecule has 118 valence electrons. The van der Waals surface area contributed by atoms with Crippen molar-refractivity contribution in [3.8, 4) is 0 Å². The number of aromatic nitrogens is 4. The van der Waals surface area contributed by atoms with E-state index in [0.29, 0.717) is 11.1 Å². The number of anilines is 2. The lowest BCUT2D eigenvalue weighted by molar-refractivity contribution is 0.659. The number of fused-ring (bicyclic) bond motifs is 1. The van der Waals surface area contributed by atoms with Crippen molar-refractivity contribution in [3.05, 3.63) is 28.7 Å². The molecule has 0 spiro atoms. The van der Waals surface area contributed by atoms with Gasteiger partial charge in [0.2, 0.25) is 0 Å². The molecule has 0 aromatic carbocycles. The first-order chi connectivity index (χ1) is 10.5. The Hall–Kier alpha value is -1.82. The SMILES string of the molecule is CNc1c(Cl)ncnc1N1CCc2c(nc(C(C)C)n2C)C1. The molecule has 1 aliphatic rings. The molecular weight excluding hydrogens is 300 g/mol. The van der Waals surface area contributed by atoms with Gasteiger partial charge in [-0.05, 0) is 0 Å². The zero-order chi connectivity index (χ0) is 15.9. The lowest BCUT2D eigenvalue weighted by atomic mass is 10.1. The molecule has 0 amide bonds. The van der Waals surface area contributed by atoms with Gasteiger partial charge in [-0.15, -0.1) is 0 Å². The molecule has 0 unspecified atom stereocenters. The highest BCUT2D eigenvalue weighted by molar-refractivity contribution is 6.32. The molecule has 0 radical (unpaired) electrons. The lowest BCUT2D eigenvalue weighted by Crippen LogP contribution is -2.32. The Morgan fingerprint density at radius 2 is 2.09 bits per heavy atom. The molecule has 6 nitrogen and oxygen atoms in total. The number of rotatable bonds is 3. The fourth-order valence-corrected chi connectivity index (χ4v) is 3.28. The topological polar surface area (TPSA) is 58.9 Å². The van der Waals surface area contributed by atoms with Crippen molar-refractivity contribution in [1.82, 2.24) is 19.5 Å². The van der Waals surface area contributed by atoms with Gasteiger partial charge in [0.05, 0.1) is 12.2 Å². The van der Waals surface area contributed by atoms with Gasteiger partial charge < -0.3 is 14.8 Å². The highest BCUT2D eigenvalue weighted by Gasteiger charge is 2.26. The van der Waals surface area contributed by atoms with Crippen LogP contribution < -0.4 is 10.2 Å². The Kier molecular flexibility index (Phi) is 3.95. The average molecular weight is 321 g/mol. The number of nitrogens with zero attached hydrogens (tertiary/aromatic N) is 5. The van der Waals surface area contributed by atoms with Crippen molar-refractivity contribution in [2.75, 3.05) is 23.8 Å². The Bertz CT molecular complexity index is 694. The zero-order valence-electron chi connectivity index (χ0n) is 13.4. The van der Waals surface area contributed by atoms with Crippen molar-refractivity contribution >= 4 is 23.1 Å². The first kappa shape index (κ1) is 15.1. The molecule has 3 rings (SSSR count). The summed E-state index contributed by atoms with van der Waals surface area (Å²) in [6.07, 6.45) is 2.46. The van der Waals surface area contributed by atoms with E-state index >= 15 is 0 Å². The number of nitrogens with one attached hydrogen (secondary N) is 1. The molecule has 0 bridgehead atoms. The largest absolute Gasteiger partial charge is 0.383 e. The lowest BCUT2D eigenvalue weighted by Gasteiger charge is -2.29. The molecule has 7 heteroatoms. The normalized spacial score (nSPS) is 14.4. The Morgan fingerprint density at radius 3 is 2.77 bits per heavy atom. The second-order valence-corrected chi connectivity index (χ2v) is 6.22. The maximum absolute atomic E-state index is 6.16. The van der Waals surface area contributed by atoms with E-state index < -0.39 is 0 Å². The number of halogens is 1. The summed E-state index contributed by atoms with van der Waals surface area (Å²) in [6, 6.07) is 0. The smallest absolute Gasteiger partial charge is 0.157 e. The number of hydrogen-bond acceptors (Lipinski definition) is 5. The van der Waals surface area contributed by atoms with Crippen molar-refractivity contribution < 1.29 is 0 Å². The van der Waals surface area contributed by atoms with Gasteiger partial charge in [0, 0.05) is 38.7 Å². The third-order valence-corrected chi connectivity index (χ3v) is 4.42. The van der Waals surface area contributed by atoms with Crippen molar-refractivity contribution in [2.45, 2.75) is 32.7 Å². The quantitative estimate of drug-likeness (QED) is 0.881. The van der Waals surface area contributed by atoms with Gasteiger partial charge in [-0.2, -0.15) is 0 Å². The van der Waals surface area contributed by atoms with Crippen LogP contribution in [0.4, 0.5) is 11.5 Å². The molecule has 2 aromatic rings. The summed E-state index contributed by atoms with van der Waals surface area (Å²) < 4.78 is 2.24. The van der Waals surface area contributed by atoms with E-state index in [1.165, 1.54) is 12.0 Å². The van der Waals surface area contributed by atoms with Gasteiger partial charge in [-0.3, -0.25) is 0 Å². The maximum atomic E-state index is 6.16. The van der Waals surface area contributed by atoms with Crippen LogP contribution in [0.3, 0.4) is 0 Å². The highest BCUT2D eigenvalue weighted by Crippen LogP contribution is 2.32. The molecule has 22 heavy (non-hydrogen) atoms. The van der Waals surface area contributed by atoms with Crippen LogP contribution in [0.15, 0.2) is 6.33 Å². The second-order valence-electron chi connectivity index (χ2n) is 5.86. The van der Waals surface area contributed by atoms with Gasteiger partial charge in [0.15, 0.2) is 11.0 Å². The van der Waals surface area contributed by atoms with E-state index in [-0.39, 0.29) is 0 Å². The maximum Gasteiger partial charge on any atom is 0.157 e. The first-order valence-corrected chi connectivity index (χ1v) is 7.88. The Balaban J connectivity index is 1.95. The monoisotopic (exact) mass is 320 g/mol. The predicted molar refractivity (Wildman–Crippen MR) is 88.6 cm³/mol. The summed E-state index contributed by atoms with van der Waals surface area (Å²) in [4.78, 5) is 15.5. The van der Waals surface area contributed by atoms with E-state index in [0.717, 1.165) is 42.5 Å². The molecule has 0 aliphatic carbocycles. The van der Waals surface area contributed by atoms with Crippen molar-refractivity contribution in [2.24, 2.45) is 7.05 Å². The molecule has 0 saturated heterocycles. The molecule has 1 aliphatic heterocycles. The van der Waals surface area contributed by atoms with Crippen LogP contribution in [0, 0.1) is 0 Å². The average Bonchev–Trinajstić information content (AvgIpc) is 2.84. The predicted octanol–water partition coefficient (Wildman–Crippen LogP) is 2.59. The summed E-state index contributed by atoms with van der Waals surface area (Å²) in [5.41, 5.74) is 3.23. The summed E-state index contributed by atoms with van der Waals surface area (Å²) in [6.45, 7) is 5.99. The fraction of sp³-hybridized carbons (Fsp3) is 0.533. The van der Waals surface area contributed by atoms with E-state index in [1.807, 2.05) is 7.05 Å². The van der Waals surface area contributed by atoms with Gasteiger partial charge >= 0.3 is 0 Å². The summed E-state index contributed by atoms with van der Waals surface area (Å²) in [5, 5.41) is 3.54. The third kappa shape index (κ3) is 2.41. The highest BCUT2D eigenvalue weighted by atomic mass is 35.5. The van der Waals surface area contributed by atoms with Crippen LogP contribution in [0.2, 0.25) is 5.15 Å². The van der Waals surface area contributed by atoms with Crippen LogP contribution in [0.1, 0.15) is 37.0 Å². The van der Waals surface area contributed by atoms with Crippen LogP contribution >= 0.6 is 11.6 Å². The van der Waals surface area contributed by atoms with Crippen molar-refractivity contribution in [3.63, 3.8) is 0 Å². The van der Waals surface area contributed by atoms with Crippen LogP contribution in [-0.2, 0) is 20.0 Å². The fourth-order valence-electron chi connectivity index (χ4n) is 3.06. The minimum Gasteiger partial charge on any atom is -0.383 e. The number of imidazole rings is 1. The molecule has 0 atom stereocenters. The minimum absolute atomic E-state index is 0.422. The third-order valence-electron chi connectivity index (χ3n) is 4.14. The molecule has 0 fully saturated rings. The second kappa shape index (κ2) is 5.76.